The molecule has 5 heteroatoms. The molecule has 2 aliphatic rings. The van der Waals surface area contributed by atoms with Gasteiger partial charge >= 0.3 is 0 Å². The van der Waals surface area contributed by atoms with Crippen molar-refractivity contribution in [2.75, 3.05) is 26.3 Å². The van der Waals surface area contributed by atoms with E-state index in [0.717, 1.165) is 17.9 Å². The number of nitrogens with one attached hydrogen (secondary N) is 1. The van der Waals surface area contributed by atoms with E-state index in [1.54, 1.807) is 0 Å². The Balaban J connectivity index is 1.74. The maximum Gasteiger partial charge on any atom is 0.227 e. The molecule has 1 saturated heterocycles. The normalized spacial score (nSPS) is 22.3. The molecule has 0 aromatic heterocycles. The van der Waals surface area contributed by atoms with Crippen molar-refractivity contribution in [1.29, 1.82) is 0 Å². The molecule has 1 aromatic carbocycles. The molecule has 2 fully saturated rings. The SMILES string of the molecule is NCC1(C(=O)NCC2(c3ccc(Cl)cc3)CCCCC2)CCOCC1. The first-order chi connectivity index (χ1) is 12.1. The van der Waals surface area contributed by atoms with Crippen molar-refractivity contribution < 1.29 is 9.53 Å². The molecular formula is C20H29ClN2O2. The van der Waals surface area contributed by atoms with Gasteiger partial charge in [-0.15, -0.1) is 0 Å². The van der Waals surface area contributed by atoms with Crippen LogP contribution in [-0.4, -0.2) is 32.2 Å². The minimum atomic E-state index is -0.464. The van der Waals surface area contributed by atoms with Crippen molar-refractivity contribution in [1.82, 2.24) is 5.32 Å². The molecule has 4 nitrogen and oxygen atoms in total. The molecule has 1 aliphatic carbocycles. The molecule has 1 saturated carbocycles. The summed E-state index contributed by atoms with van der Waals surface area (Å²) in [6, 6.07) is 8.14. The third kappa shape index (κ3) is 4.02. The van der Waals surface area contributed by atoms with Crippen LogP contribution in [0.2, 0.25) is 5.02 Å². The van der Waals surface area contributed by atoms with Crippen molar-refractivity contribution in [3.63, 3.8) is 0 Å². The molecule has 3 N–H and O–H groups in total. The maximum atomic E-state index is 13.0. The van der Waals surface area contributed by atoms with Crippen LogP contribution in [0.1, 0.15) is 50.5 Å². The number of carbonyl (C=O) groups is 1. The molecule has 138 valence electrons. The summed E-state index contributed by atoms with van der Waals surface area (Å²) in [6.45, 7) is 2.30. The highest BCUT2D eigenvalue weighted by Crippen LogP contribution is 2.40. The van der Waals surface area contributed by atoms with Gasteiger partial charge in [0.05, 0.1) is 5.41 Å². The molecule has 1 amide bonds. The monoisotopic (exact) mass is 364 g/mol. The van der Waals surface area contributed by atoms with Crippen LogP contribution in [0.3, 0.4) is 0 Å². The highest BCUT2D eigenvalue weighted by molar-refractivity contribution is 6.30. The molecule has 0 unspecified atom stereocenters. The van der Waals surface area contributed by atoms with Crippen molar-refractivity contribution in [2.45, 2.75) is 50.4 Å². The van der Waals surface area contributed by atoms with Crippen molar-refractivity contribution in [3.8, 4) is 0 Å². The van der Waals surface area contributed by atoms with Gasteiger partial charge in [0.1, 0.15) is 0 Å². The fourth-order valence-electron chi connectivity index (χ4n) is 4.32. The number of halogens is 1. The second-order valence-electron chi connectivity index (χ2n) is 7.63. The van der Waals surface area contributed by atoms with Gasteiger partial charge in [0, 0.05) is 36.7 Å². The molecule has 3 rings (SSSR count). The van der Waals surface area contributed by atoms with Crippen LogP contribution in [0, 0.1) is 5.41 Å². The summed E-state index contributed by atoms with van der Waals surface area (Å²) in [7, 11) is 0. The van der Waals surface area contributed by atoms with Crippen LogP contribution in [-0.2, 0) is 14.9 Å². The van der Waals surface area contributed by atoms with E-state index in [9.17, 15) is 4.79 Å². The topological polar surface area (TPSA) is 64.4 Å². The quantitative estimate of drug-likeness (QED) is 0.841. The fourth-order valence-corrected chi connectivity index (χ4v) is 4.45. The predicted molar refractivity (Wildman–Crippen MR) is 101 cm³/mol. The van der Waals surface area contributed by atoms with Crippen LogP contribution in [0.15, 0.2) is 24.3 Å². The number of rotatable bonds is 5. The van der Waals surface area contributed by atoms with E-state index >= 15 is 0 Å². The average molecular weight is 365 g/mol. The number of nitrogens with two attached hydrogens (primary N) is 1. The van der Waals surface area contributed by atoms with E-state index in [1.165, 1.54) is 24.8 Å². The minimum absolute atomic E-state index is 0.0133. The zero-order chi connectivity index (χ0) is 17.8. The van der Waals surface area contributed by atoms with E-state index in [1.807, 2.05) is 12.1 Å². The summed E-state index contributed by atoms with van der Waals surface area (Å²) in [6.07, 6.45) is 7.31. The first-order valence-electron chi connectivity index (χ1n) is 9.42. The molecule has 0 radical (unpaired) electrons. The van der Waals surface area contributed by atoms with Gasteiger partial charge in [0.2, 0.25) is 5.91 Å². The smallest absolute Gasteiger partial charge is 0.227 e. The third-order valence-electron chi connectivity index (χ3n) is 6.18. The number of ether oxygens (including phenoxy) is 1. The summed E-state index contributed by atoms with van der Waals surface area (Å²) in [4.78, 5) is 13.0. The van der Waals surface area contributed by atoms with Gasteiger partial charge in [-0.2, -0.15) is 0 Å². The molecule has 0 spiro atoms. The lowest BCUT2D eigenvalue weighted by atomic mass is 9.69. The zero-order valence-corrected chi connectivity index (χ0v) is 15.6. The predicted octanol–water partition coefficient (Wildman–Crippen LogP) is 3.41. The Kier molecular flexibility index (Phi) is 6.03. The molecule has 1 aliphatic heterocycles. The molecule has 1 heterocycles. The summed E-state index contributed by atoms with van der Waals surface area (Å²) in [5.74, 6) is 0.0946. The van der Waals surface area contributed by atoms with Crippen molar-refractivity contribution in [2.24, 2.45) is 11.1 Å². The number of amides is 1. The largest absolute Gasteiger partial charge is 0.381 e. The molecular weight excluding hydrogens is 336 g/mol. The number of benzene rings is 1. The van der Waals surface area contributed by atoms with Gasteiger partial charge in [0.15, 0.2) is 0 Å². The lowest BCUT2D eigenvalue weighted by Gasteiger charge is -2.40. The summed E-state index contributed by atoms with van der Waals surface area (Å²) >= 11 is 6.07. The number of hydrogen-bond acceptors (Lipinski definition) is 3. The molecule has 25 heavy (non-hydrogen) atoms. The summed E-state index contributed by atoms with van der Waals surface area (Å²) < 4.78 is 5.42. The first-order valence-corrected chi connectivity index (χ1v) is 9.80. The van der Waals surface area contributed by atoms with Gasteiger partial charge in [-0.3, -0.25) is 4.79 Å². The number of carbonyl (C=O) groups excluding carboxylic acids is 1. The van der Waals surface area contributed by atoms with Gasteiger partial charge in [-0.25, -0.2) is 0 Å². The lowest BCUT2D eigenvalue weighted by molar-refractivity contribution is -0.136. The second-order valence-corrected chi connectivity index (χ2v) is 8.06. The molecule has 0 atom stereocenters. The second kappa shape index (κ2) is 8.07. The van der Waals surface area contributed by atoms with E-state index in [-0.39, 0.29) is 11.3 Å². The number of hydrogen-bond donors (Lipinski definition) is 2. The molecule has 0 bridgehead atoms. The Morgan fingerprint density at radius 1 is 1.08 bits per heavy atom. The van der Waals surface area contributed by atoms with E-state index in [0.29, 0.717) is 39.1 Å². The summed E-state index contributed by atoms with van der Waals surface area (Å²) in [5, 5.41) is 4.01. The van der Waals surface area contributed by atoms with E-state index in [2.05, 4.69) is 17.4 Å². The molecule has 1 aromatic rings. The van der Waals surface area contributed by atoms with Crippen LogP contribution < -0.4 is 11.1 Å². The first kappa shape index (κ1) is 18.7. The Morgan fingerprint density at radius 3 is 2.32 bits per heavy atom. The fraction of sp³-hybridized carbons (Fsp3) is 0.650. The third-order valence-corrected chi connectivity index (χ3v) is 6.43. The van der Waals surface area contributed by atoms with Crippen LogP contribution in [0.4, 0.5) is 0 Å². The van der Waals surface area contributed by atoms with Crippen molar-refractivity contribution >= 4 is 17.5 Å². The summed E-state index contributed by atoms with van der Waals surface area (Å²) in [5.41, 5.74) is 6.81. The Hall–Kier alpha value is -1.10. The lowest BCUT2D eigenvalue weighted by Crippen LogP contribution is -2.52. The highest BCUT2D eigenvalue weighted by atomic mass is 35.5. The van der Waals surface area contributed by atoms with E-state index in [4.69, 9.17) is 22.1 Å². The standard InChI is InChI=1S/C20H29ClN2O2/c21-17-6-4-16(5-7-17)20(8-2-1-3-9-20)15-23-18(24)19(14-22)10-12-25-13-11-19/h4-7H,1-3,8-15,22H2,(H,23,24). The van der Waals surface area contributed by atoms with Crippen LogP contribution in [0.5, 0.6) is 0 Å². The van der Waals surface area contributed by atoms with Crippen LogP contribution in [0.25, 0.3) is 0 Å². The Morgan fingerprint density at radius 2 is 1.72 bits per heavy atom. The minimum Gasteiger partial charge on any atom is -0.381 e. The van der Waals surface area contributed by atoms with Gasteiger partial charge in [0.25, 0.3) is 0 Å². The zero-order valence-electron chi connectivity index (χ0n) is 14.9. The Bertz CT molecular complexity index is 576. The van der Waals surface area contributed by atoms with E-state index < -0.39 is 5.41 Å². The Labute approximate surface area is 155 Å². The van der Waals surface area contributed by atoms with Gasteiger partial charge in [-0.1, -0.05) is 43.0 Å². The highest BCUT2D eigenvalue weighted by Gasteiger charge is 2.41. The average Bonchev–Trinajstić information content (AvgIpc) is 2.68. The maximum absolute atomic E-state index is 13.0. The van der Waals surface area contributed by atoms with Gasteiger partial charge < -0.3 is 15.8 Å². The van der Waals surface area contributed by atoms with Gasteiger partial charge in [-0.05, 0) is 43.4 Å². The van der Waals surface area contributed by atoms with Crippen molar-refractivity contribution in [3.05, 3.63) is 34.9 Å². The van der Waals surface area contributed by atoms with Crippen LogP contribution >= 0.6 is 11.6 Å².